The Morgan fingerprint density at radius 1 is 1.19 bits per heavy atom. The Labute approximate surface area is 185 Å². The van der Waals surface area contributed by atoms with Crippen LogP contribution < -0.4 is 10.1 Å². The van der Waals surface area contributed by atoms with Crippen LogP contribution >= 0.6 is 0 Å². The fraction of sp³-hybridized carbons (Fsp3) is 0.250. The average Bonchev–Trinajstić information content (AvgIpc) is 3.12. The number of aromatic nitrogens is 2. The predicted octanol–water partition coefficient (Wildman–Crippen LogP) is 3.88. The van der Waals surface area contributed by atoms with Gasteiger partial charge in [0.2, 0.25) is 5.88 Å². The zero-order valence-electron chi connectivity index (χ0n) is 17.9. The minimum absolute atomic E-state index is 0.0333. The number of hydrogen-bond acceptors (Lipinski definition) is 5. The SMILES string of the molecule is CCCc1ccc(Oc2nccc3c2C(=O)N(Cc2ccc(C(=O)NC)nc2)C3)c(F)c1. The zero-order chi connectivity index (χ0) is 22.7. The molecule has 1 aliphatic rings. The second kappa shape index (κ2) is 9.13. The lowest BCUT2D eigenvalue weighted by Gasteiger charge is -2.15. The van der Waals surface area contributed by atoms with E-state index in [9.17, 15) is 14.0 Å². The normalized spacial score (nSPS) is 12.6. The lowest BCUT2D eigenvalue weighted by atomic mass is 10.1. The first kappa shape index (κ1) is 21.4. The van der Waals surface area contributed by atoms with Crippen molar-refractivity contribution in [1.82, 2.24) is 20.2 Å². The van der Waals surface area contributed by atoms with Crippen molar-refractivity contribution in [3.63, 3.8) is 0 Å². The van der Waals surface area contributed by atoms with Crippen molar-refractivity contribution in [3.05, 3.63) is 82.6 Å². The van der Waals surface area contributed by atoms with Gasteiger partial charge in [0.25, 0.3) is 11.8 Å². The number of ether oxygens (including phenoxy) is 1. The Hall–Kier alpha value is -3.81. The fourth-order valence-electron chi connectivity index (χ4n) is 3.66. The van der Waals surface area contributed by atoms with Crippen LogP contribution in [0.3, 0.4) is 0 Å². The number of pyridine rings is 2. The first-order chi connectivity index (χ1) is 15.5. The number of rotatable bonds is 7. The van der Waals surface area contributed by atoms with Crippen LogP contribution in [0.2, 0.25) is 0 Å². The van der Waals surface area contributed by atoms with Crippen LogP contribution in [0.4, 0.5) is 4.39 Å². The fourth-order valence-corrected chi connectivity index (χ4v) is 3.66. The molecule has 0 saturated heterocycles. The summed E-state index contributed by atoms with van der Waals surface area (Å²) >= 11 is 0. The summed E-state index contributed by atoms with van der Waals surface area (Å²) in [5, 5.41) is 2.52. The number of hydrogen-bond donors (Lipinski definition) is 1. The van der Waals surface area contributed by atoms with Crippen molar-refractivity contribution in [2.75, 3.05) is 7.05 Å². The van der Waals surface area contributed by atoms with Crippen LogP contribution in [0.15, 0.2) is 48.8 Å². The summed E-state index contributed by atoms with van der Waals surface area (Å²) < 4.78 is 20.2. The molecule has 0 atom stereocenters. The molecule has 0 fully saturated rings. The quantitative estimate of drug-likeness (QED) is 0.610. The summed E-state index contributed by atoms with van der Waals surface area (Å²) in [7, 11) is 1.54. The molecular weight excluding hydrogens is 411 g/mol. The summed E-state index contributed by atoms with van der Waals surface area (Å²) in [6.07, 6.45) is 4.82. The molecule has 1 N–H and O–H groups in total. The Kier molecular flexibility index (Phi) is 6.11. The lowest BCUT2D eigenvalue weighted by Crippen LogP contribution is -2.24. The summed E-state index contributed by atoms with van der Waals surface area (Å²) in [4.78, 5) is 34.7. The van der Waals surface area contributed by atoms with Crippen LogP contribution in [-0.2, 0) is 19.5 Å². The molecule has 1 aliphatic heterocycles. The predicted molar refractivity (Wildman–Crippen MR) is 116 cm³/mol. The van der Waals surface area contributed by atoms with E-state index in [1.165, 1.54) is 13.1 Å². The molecule has 2 amide bonds. The van der Waals surface area contributed by atoms with E-state index in [1.807, 2.05) is 13.0 Å². The van der Waals surface area contributed by atoms with Crippen molar-refractivity contribution in [2.24, 2.45) is 0 Å². The number of fused-ring (bicyclic) bond motifs is 1. The number of nitrogens with zero attached hydrogens (tertiary/aromatic N) is 3. The van der Waals surface area contributed by atoms with Gasteiger partial charge in [0.1, 0.15) is 11.3 Å². The summed E-state index contributed by atoms with van der Waals surface area (Å²) in [6, 6.07) is 9.96. The molecule has 0 saturated carbocycles. The number of amides is 2. The molecule has 3 heterocycles. The highest BCUT2D eigenvalue weighted by atomic mass is 19.1. The molecule has 32 heavy (non-hydrogen) atoms. The largest absolute Gasteiger partial charge is 0.435 e. The van der Waals surface area contributed by atoms with Gasteiger partial charge in [-0.3, -0.25) is 14.6 Å². The molecule has 3 aromatic rings. The smallest absolute Gasteiger partial charge is 0.269 e. The Balaban J connectivity index is 1.52. The van der Waals surface area contributed by atoms with Gasteiger partial charge < -0.3 is 15.0 Å². The van der Waals surface area contributed by atoms with Crippen molar-refractivity contribution in [3.8, 4) is 11.6 Å². The van der Waals surface area contributed by atoms with Crippen LogP contribution in [0.5, 0.6) is 11.6 Å². The second-order valence-corrected chi connectivity index (χ2v) is 7.56. The number of aryl methyl sites for hydroxylation is 1. The number of carbonyl (C=O) groups is 2. The number of carbonyl (C=O) groups excluding carboxylic acids is 2. The topological polar surface area (TPSA) is 84.4 Å². The highest BCUT2D eigenvalue weighted by Gasteiger charge is 2.32. The highest BCUT2D eigenvalue weighted by Crippen LogP contribution is 2.33. The van der Waals surface area contributed by atoms with E-state index in [4.69, 9.17) is 4.74 Å². The molecule has 8 heteroatoms. The molecule has 4 rings (SSSR count). The van der Waals surface area contributed by atoms with Crippen LogP contribution in [0, 0.1) is 5.82 Å². The van der Waals surface area contributed by atoms with Gasteiger partial charge >= 0.3 is 0 Å². The van der Waals surface area contributed by atoms with Gasteiger partial charge in [-0.15, -0.1) is 0 Å². The average molecular weight is 434 g/mol. The van der Waals surface area contributed by atoms with E-state index in [2.05, 4.69) is 15.3 Å². The molecule has 164 valence electrons. The highest BCUT2D eigenvalue weighted by molar-refractivity contribution is 6.00. The number of nitrogens with one attached hydrogen (secondary N) is 1. The number of benzene rings is 1. The van der Waals surface area contributed by atoms with E-state index < -0.39 is 5.82 Å². The van der Waals surface area contributed by atoms with Crippen molar-refractivity contribution in [1.29, 1.82) is 0 Å². The minimum Gasteiger partial charge on any atom is -0.435 e. The molecule has 0 aliphatic carbocycles. The van der Waals surface area contributed by atoms with Crippen molar-refractivity contribution in [2.45, 2.75) is 32.9 Å². The first-order valence-electron chi connectivity index (χ1n) is 10.4. The number of halogens is 1. The molecule has 7 nitrogen and oxygen atoms in total. The van der Waals surface area contributed by atoms with Crippen molar-refractivity contribution < 1.29 is 18.7 Å². The maximum Gasteiger partial charge on any atom is 0.269 e. The van der Waals surface area contributed by atoms with Gasteiger partial charge in [0, 0.05) is 32.5 Å². The minimum atomic E-state index is -0.486. The van der Waals surface area contributed by atoms with Crippen LogP contribution in [0.1, 0.15) is 50.9 Å². The lowest BCUT2D eigenvalue weighted by molar-refractivity contribution is 0.0763. The van der Waals surface area contributed by atoms with Crippen molar-refractivity contribution >= 4 is 11.8 Å². The van der Waals surface area contributed by atoms with Gasteiger partial charge in [0.05, 0.1) is 0 Å². The molecule has 0 radical (unpaired) electrons. The van der Waals surface area contributed by atoms with Crippen LogP contribution in [0.25, 0.3) is 0 Å². The van der Waals surface area contributed by atoms with E-state index in [-0.39, 0.29) is 23.4 Å². The third-order valence-corrected chi connectivity index (χ3v) is 5.26. The molecule has 2 aromatic heterocycles. The van der Waals surface area contributed by atoms with Gasteiger partial charge in [-0.2, -0.15) is 0 Å². The van der Waals surface area contributed by atoms with E-state index in [0.29, 0.717) is 24.3 Å². The van der Waals surface area contributed by atoms with Gasteiger partial charge in [-0.05, 0) is 47.4 Å². The van der Waals surface area contributed by atoms with E-state index in [0.717, 1.165) is 29.5 Å². The maximum atomic E-state index is 14.5. The molecular formula is C24H23FN4O3. The third-order valence-electron chi connectivity index (χ3n) is 5.26. The van der Waals surface area contributed by atoms with E-state index in [1.54, 1.807) is 41.6 Å². The second-order valence-electron chi connectivity index (χ2n) is 7.56. The zero-order valence-corrected chi connectivity index (χ0v) is 17.9. The Morgan fingerprint density at radius 3 is 2.69 bits per heavy atom. The van der Waals surface area contributed by atoms with Gasteiger partial charge in [0.15, 0.2) is 11.6 Å². The molecule has 0 spiro atoms. The molecule has 1 aromatic carbocycles. The first-order valence-corrected chi connectivity index (χ1v) is 10.4. The maximum absolute atomic E-state index is 14.5. The summed E-state index contributed by atoms with van der Waals surface area (Å²) in [5.74, 6) is -0.887. The molecule has 0 unspecified atom stereocenters. The van der Waals surface area contributed by atoms with Gasteiger partial charge in [-0.1, -0.05) is 25.5 Å². The van der Waals surface area contributed by atoms with Crippen LogP contribution in [-0.4, -0.2) is 33.7 Å². The van der Waals surface area contributed by atoms with Gasteiger partial charge in [-0.25, -0.2) is 9.37 Å². The van der Waals surface area contributed by atoms with E-state index >= 15 is 0 Å². The summed E-state index contributed by atoms with van der Waals surface area (Å²) in [5.41, 5.74) is 3.07. The standard InChI is InChI=1S/C24H23FN4O3/c1-3-4-15-6-8-20(18(25)11-15)32-23-21-17(9-10-27-23)14-29(24(21)31)13-16-5-7-19(28-12-16)22(30)26-2/h5-12H,3-4,13-14H2,1-2H3,(H,26,30). The molecule has 0 bridgehead atoms. The third kappa shape index (κ3) is 4.30. The Morgan fingerprint density at radius 2 is 2.00 bits per heavy atom. The monoisotopic (exact) mass is 434 g/mol. The summed E-state index contributed by atoms with van der Waals surface area (Å²) in [6.45, 7) is 2.72. The Bertz CT molecular complexity index is 1160.